The van der Waals surface area contributed by atoms with E-state index in [1.165, 1.54) is 0 Å². The molecule has 2 unspecified atom stereocenters. The molecular weight excluding hydrogens is 270 g/mol. The van der Waals surface area contributed by atoms with Crippen molar-refractivity contribution in [1.82, 2.24) is 0 Å². The lowest BCUT2D eigenvalue weighted by atomic mass is 10.1. The zero-order valence-corrected chi connectivity index (χ0v) is 11.9. The van der Waals surface area contributed by atoms with Gasteiger partial charge in [0, 0.05) is 6.07 Å². The SMILES string of the molecule is Nc1cc2c(cc1NC1CCCCCC1O)NC(=O)CO2. The van der Waals surface area contributed by atoms with Crippen molar-refractivity contribution in [2.24, 2.45) is 0 Å². The number of ether oxygens (including phenoxy) is 1. The Hall–Kier alpha value is -1.95. The molecule has 6 nitrogen and oxygen atoms in total. The molecule has 1 fully saturated rings. The molecule has 6 heteroatoms. The molecule has 5 N–H and O–H groups in total. The Morgan fingerprint density at radius 3 is 2.95 bits per heavy atom. The van der Waals surface area contributed by atoms with E-state index in [1.54, 1.807) is 12.1 Å². The summed E-state index contributed by atoms with van der Waals surface area (Å²) in [5.41, 5.74) is 7.94. The second kappa shape index (κ2) is 5.81. The highest BCUT2D eigenvalue weighted by molar-refractivity contribution is 5.97. The number of hydrogen-bond donors (Lipinski definition) is 4. The van der Waals surface area contributed by atoms with Gasteiger partial charge in [0.1, 0.15) is 5.75 Å². The van der Waals surface area contributed by atoms with Crippen LogP contribution in [0.3, 0.4) is 0 Å². The maximum absolute atomic E-state index is 11.4. The van der Waals surface area contributed by atoms with Gasteiger partial charge in [0.05, 0.1) is 29.2 Å². The number of nitrogen functional groups attached to an aromatic ring is 1. The maximum atomic E-state index is 11.4. The molecule has 3 rings (SSSR count). The van der Waals surface area contributed by atoms with E-state index in [4.69, 9.17) is 10.5 Å². The monoisotopic (exact) mass is 291 g/mol. The van der Waals surface area contributed by atoms with Crippen LogP contribution < -0.4 is 21.1 Å². The van der Waals surface area contributed by atoms with Crippen LogP contribution in [0.1, 0.15) is 32.1 Å². The summed E-state index contributed by atoms with van der Waals surface area (Å²) < 4.78 is 5.33. The molecule has 1 aliphatic carbocycles. The molecule has 0 aromatic heterocycles. The Bertz CT molecular complexity index is 547. The van der Waals surface area contributed by atoms with Crippen molar-refractivity contribution in [3.63, 3.8) is 0 Å². The molecule has 2 atom stereocenters. The molecule has 114 valence electrons. The first-order valence-electron chi connectivity index (χ1n) is 7.44. The Kier molecular flexibility index (Phi) is 3.88. The van der Waals surface area contributed by atoms with E-state index in [-0.39, 0.29) is 24.7 Å². The lowest BCUT2D eigenvalue weighted by molar-refractivity contribution is -0.118. The van der Waals surface area contributed by atoms with Crippen molar-refractivity contribution in [2.75, 3.05) is 23.0 Å². The molecule has 1 saturated carbocycles. The summed E-state index contributed by atoms with van der Waals surface area (Å²) in [6.45, 7) is 0.0144. The highest BCUT2D eigenvalue weighted by Gasteiger charge is 2.23. The molecule has 1 aliphatic heterocycles. The molecule has 1 aromatic carbocycles. The summed E-state index contributed by atoms with van der Waals surface area (Å²) in [7, 11) is 0. The molecule has 0 spiro atoms. The zero-order chi connectivity index (χ0) is 14.8. The van der Waals surface area contributed by atoms with Crippen molar-refractivity contribution in [1.29, 1.82) is 0 Å². The summed E-state index contributed by atoms with van der Waals surface area (Å²) in [5.74, 6) is 0.409. The van der Waals surface area contributed by atoms with Gasteiger partial charge in [-0.15, -0.1) is 0 Å². The second-order valence-corrected chi connectivity index (χ2v) is 5.73. The van der Waals surface area contributed by atoms with Gasteiger partial charge in [0.25, 0.3) is 5.91 Å². The van der Waals surface area contributed by atoms with Crippen LogP contribution in [0.4, 0.5) is 17.1 Å². The number of rotatable bonds is 2. The average Bonchev–Trinajstić information content (AvgIpc) is 2.65. The van der Waals surface area contributed by atoms with Gasteiger partial charge in [-0.05, 0) is 18.9 Å². The maximum Gasteiger partial charge on any atom is 0.262 e. The van der Waals surface area contributed by atoms with E-state index >= 15 is 0 Å². The number of hydrogen-bond acceptors (Lipinski definition) is 5. The number of aliphatic hydroxyl groups excluding tert-OH is 1. The topological polar surface area (TPSA) is 96.6 Å². The molecular formula is C15H21N3O3. The number of carbonyl (C=O) groups is 1. The van der Waals surface area contributed by atoms with Crippen molar-refractivity contribution < 1.29 is 14.6 Å². The van der Waals surface area contributed by atoms with E-state index in [0.29, 0.717) is 17.1 Å². The number of fused-ring (bicyclic) bond motifs is 1. The molecule has 1 aromatic rings. The minimum absolute atomic E-state index is 0.00643. The van der Waals surface area contributed by atoms with E-state index in [2.05, 4.69) is 10.6 Å². The van der Waals surface area contributed by atoms with E-state index in [1.807, 2.05) is 0 Å². The third-order valence-electron chi connectivity index (χ3n) is 4.10. The first-order chi connectivity index (χ1) is 10.1. The van der Waals surface area contributed by atoms with Crippen LogP contribution in [0, 0.1) is 0 Å². The van der Waals surface area contributed by atoms with Gasteiger partial charge in [-0.3, -0.25) is 4.79 Å². The van der Waals surface area contributed by atoms with Gasteiger partial charge in [-0.25, -0.2) is 0 Å². The van der Waals surface area contributed by atoms with Crippen LogP contribution >= 0.6 is 0 Å². The average molecular weight is 291 g/mol. The normalized spacial score (nSPS) is 25.3. The fourth-order valence-electron chi connectivity index (χ4n) is 2.92. The lowest BCUT2D eigenvalue weighted by Crippen LogP contribution is -2.33. The number of benzene rings is 1. The van der Waals surface area contributed by atoms with Gasteiger partial charge in [0.15, 0.2) is 6.61 Å². The summed E-state index contributed by atoms with van der Waals surface area (Å²) >= 11 is 0. The van der Waals surface area contributed by atoms with Gasteiger partial charge < -0.3 is 26.2 Å². The largest absolute Gasteiger partial charge is 0.482 e. The Balaban J connectivity index is 1.81. The first-order valence-corrected chi connectivity index (χ1v) is 7.44. The minimum Gasteiger partial charge on any atom is -0.482 e. The van der Waals surface area contributed by atoms with Crippen LogP contribution in [-0.4, -0.2) is 29.8 Å². The Morgan fingerprint density at radius 2 is 2.10 bits per heavy atom. The number of nitrogens with one attached hydrogen (secondary N) is 2. The van der Waals surface area contributed by atoms with E-state index < -0.39 is 0 Å². The van der Waals surface area contributed by atoms with E-state index in [9.17, 15) is 9.90 Å². The summed E-state index contributed by atoms with van der Waals surface area (Å²) in [6.07, 6.45) is 4.66. The summed E-state index contributed by atoms with van der Waals surface area (Å²) in [4.78, 5) is 11.4. The minimum atomic E-state index is -0.367. The molecule has 0 radical (unpaired) electrons. The third kappa shape index (κ3) is 3.05. The van der Waals surface area contributed by atoms with Crippen molar-refractivity contribution >= 4 is 23.0 Å². The number of carbonyl (C=O) groups excluding carboxylic acids is 1. The standard InChI is InChI=1S/C15H21N3O3/c16-9-6-14-12(18-15(20)8-21-14)7-11(9)17-10-4-2-1-3-5-13(10)19/h6-7,10,13,17,19H,1-5,8,16H2,(H,18,20). The Labute approximate surface area is 123 Å². The number of nitrogens with two attached hydrogens (primary N) is 1. The quantitative estimate of drug-likeness (QED) is 0.491. The van der Waals surface area contributed by atoms with Crippen molar-refractivity contribution in [3.05, 3.63) is 12.1 Å². The van der Waals surface area contributed by atoms with Crippen LogP contribution in [0.2, 0.25) is 0 Å². The van der Waals surface area contributed by atoms with Crippen LogP contribution in [-0.2, 0) is 4.79 Å². The lowest BCUT2D eigenvalue weighted by Gasteiger charge is -2.25. The smallest absolute Gasteiger partial charge is 0.262 e. The highest BCUT2D eigenvalue weighted by atomic mass is 16.5. The fourth-order valence-corrected chi connectivity index (χ4v) is 2.92. The van der Waals surface area contributed by atoms with Crippen molar-refractivity contribution in [2.45, 2.75) is 44.2 Å². The molecule has 0 bridgehead atoms. The van der Waals surface area contributed by atoms with Crippen molar-refractivity contribution in [3.8, 4) is 5.75 Å². The fraction of sp³-hybridized carbons (Fsp3) is 0.533. The zero-order valence-electron chi connectivity index (χ0n) is 11.9. The molecule has 1 amide bonds. The first kappa shape index (κ1) is 14.0. The molecule has 0 saturated heterocycles. The predicted molar refractivity (Wildman–Crippen MR) is 81.5 cm³/mol. The highest BCUT2D eigenvalue weighted by Crippen LogP contribution is 2.36. The number of aliphatic hydroxyl groups is 1. The van der Waals surface area contributed by atoms with Gasteiger partial charge in [-0.1, -0.05) is 19.3 Å². The van der Waals surface area contributed by atoms with Crippen LogP contribution in [0.25, 0.3) is 0 Å². The molecule has 21 heavy (non-hydrogen) atoms. The number of amides is 1. The summed E-state index contributed by atoms with van der Waals surface area (Å²) in [5, 5.41) is 16.3. The van der Waals surface area contributed by atoms with E-state index in [0.717, 1.165) is 37.8 Å². The Morgan fingerprint density at radius 1 is 1.29 bits per heavy atom. The molecule has 2 aliphatic rings. The van der Waals surface area contributed by atoms with Gasteiger partial charge in [-0.2, -0.15) is 0 Å². The van der Waals surface area contributed by atoms with Crippen LogP contribution in [0.15, 0.2) is 12.1 Å². The second-order valence-electron chi connectivity index (χ2n) is 5.73. The van der Waals surface area contributed by atoms with Crippen LogP contribution in [0.5, 0.6) is 5.75 Å². The third-order valence-corrected chi connectivity index (χ3v) is 4.10. The number of anilines is 3. The van der Waals surface area contributed by atoms with Gasteiger partial charge in [0.2, 0.25) is 0 Å². The predicted octanol–water partition coefficient (Wildman–Crippen LogP) is 1.71. The van der Waals surface area contributed by atoms with Gasteiger partial charge >= 0.3 is 0 Å². The molecule has 1 heterocycles. The summed E-state index contributed by atoms with van der Waals surface area (Å²) in [6, 6.07) is 3.48.